The molecular formula is C16H29N3. The van der Waals surface area contributed by atoms with Crippen LogP contribution in [-0.2, 0) is 0 Å². The molecule has 1 aliphatic heterocycles. The third-order valence-electron chi connectivity index (χ3n) is 6.44. The van der Waals surface area contributed by atoms with E-state index in [0.717, 1.165) is 32.1 Å². The van der Waals surface area contributed by atoms with Gasteiger partial charge in [0.15, 0.2) is 0 Å². The van der Waals surface area contributed by atoms with Crippen molar-refractivity contribution in [3.8, 4) is 0 Å². The number of nitrogens with one attached hydrogen (secondary N) is 1. The average Bonchev–Trinajstić information content (AvgIpc) is 2.73. The Bertz CT molecular complexity index is 368. The van der Waals surface area contributed by atoms with Crippen LogP contribution in [0.4, 0.5) is 0 Å². The van der Waals surface area contributed by atoms with Crippen molar-refractivity contribution in [2.75, 3.05) is 39.3 Å². The molecule has 3 fully saturated rings. The van der Waals surface area contributed by atoms with Crippen LogP contribution < -0.4 is 5.32 Å². The molecule has 0 aromatic heterocycles. The van der Waals surface area contributed by atoms with Crippen LogP contribution in [0.25, 0.3) is 0 Å². The van der Waals surface area contributed by atoms with Gasteiger partial charge in [0.05, 0.1) is 6.54 Å². The number of hydrogen-bond donors (Lipinski definition) is 1. The summed E-state index contributed by atoms with van der Waals surface area (Å²) in [6.45, 7) is 14.2. The number of aliphatic imine (C=N–C) groups is 1. The average molecular weight is 263 g/mol. The fourth-order valence-electron chi connectivity index (χ4n) is 4.43. The second-order valence-corrected chi connectivity index (χ2v) is 7.41. The second-order valence-electron chi connectivity index (χ2n) is 7.41. The Morgan fingerprint density at radius 2 is 2.00 bits per heavy atom. The summed E-state index contributed by atoms with van der Waals surface area (Å²) in [6, 6.07) is 0. The van der Waals surface area contributed by atoms with Crippen molar-refractivity contribution in [2.24, 2.45) is 21.7 Å². The van der Waals surface area contributed by atoms with Gasteiger partial charge < -0.3 is 5.32 Å². The number of rotatable bonds is 3. The van der Waals surface area contributed by atoms with Gasteiger partial charge in [-0.25, -0.2) is 0 Å². The first-order valence-electron chi connectivity index (χ1n) is 8.01. The molecule has 19 heavy (non-hydrogen) atoms. The van der Waals surface area contributed by atoms with Crippen LogP contribution in [0.2, 0.25) is 0 Å². The normalized spacial score (nSPS) is 40.2. The van der Waals surface area contributed by atoms with Crippen LogP contribution in [0.15, 0.2) is 4.99 Å². The van der Waals surface area contributed by atoms with E-state index >= 15 is 0 Å². The first-order chi connectivity index (χ1) is 9.04. The van der Waals surface area contributed by atoms with Crippen molar-refractivity contribution >= 4 is 5.71 Å². The molecule has 2 bridgehead atoms. The lowest BCUT2D eigenvalue weighted by Crippen LogP contribution is -2.44. The Labute approximate surface area is 117 Å². The molecule has 3 heteroatoms. The van der Waals surface area contributed by atoms with Crippen molar-refractivity contribution in [1.29, 1.82) is 0 Å². The largest absolute Gasteiger partial charge is 0.314 e. The minimum atomic E-state index is 0.390. The van der Waals surface area contributed by atoms with Gasteiger partial charge in [-0.15, -0.1) is 0 Å². The molecule has 2 saturated carbocycles. The van der Waals surface area contributed by atoms with Crippen molar-refractivity contribution in [1.82, 2.24) is 10.2 Å². The van der Waals surface area contributed by atoms with Gasteiger partial charge in [-0.3, -0.25) is 9.89 Å². The van der Waals surface area contributed by atoms with Crippen molar-refractivity contribution in [2.45, 2.75) is 40.0 Å². The minimum Gasteiger partial charge on any atom is -0.314 e. The van der Waals surface area contributed by atoms with Gasteiger partial charge in [0, 0.05) is 43.9 Å². The summed E-state index contributed by atoms with van der Waals surface area (Å²) in [7, 11) is 0. The van der Waals surface area contributed by atoms with Crippen molar-refractivity contribution < 1.29 is 0 Å². The second kappa shape index (κ2) is 4.85. The molecule has 0 aromatic carbocycles. The molecule has 2 aliphatic carbocycles. The van der Waals surface area contributed by atoms with Crippen LogP contribution in [0.1, 0.15) is 40.0 Å². The first-order valence-corrected chi connectivity index (χ1v) is 8.01. The Morgan fingerprint density at radius 3 is 2.58 bits per heavy atom. The topological polar surface area (TPSA) is 27.6 Å². The zero-order chi connectivity index (χ0) is 13.5. The molecule has 2 atom stereocenters. The third kappa shape index (κ3) is 2.15. The standard InChI is InChI=1S/C16H29N3/c1-15(2)13-4-5-16(15,3)14(12-13)18-8-11-19-9-6-17-7-10-19/h13,17H,4-12H2,1-3H3/t13-,16+/m1/s1. The van der Waals surface area contributed by atoms with Gasteiger partial charge in [-0.05, 0) is 30.6 Å². The van der Waals surface area contributed by atoms with Crippen LogP contribution in [-0.4, -0.2) is 49.9 Å². The fraction of sp³-hybridized carbons (Fsp3) is 0.938. The van der Waals surface area contributed by atoms with Gasteiger partial charge in [0.1, 0.15) is 0 Å². The summed E-state index contributed by atoms with van der Waals surface area (Å²) in [4.78, 5) is 7.56. The number of fused-ring (bicyclic) bond motifs is 2. The maximum atomic E-state index is 5.02. The lowest BCUT2D eigenvalue weighted by atomic mass is 9.70. The van der Waals surface area contributed by atoms with Gasteiger partial charge in [0.25, 0.3) is 0 Å². The molecule has 0 aromatic rings. The van der Waals surface area contributed by atoms with Crippen LogP contribution in [0.3, 0.4) is 0 Å². The molecular weight excluding hydrogens is 234 g/mol. The van der Waals surface area contributed by atoms with Gasteiger partial charge >= 0.3 is 0 Å². The smallest absolute Gasteiger partial charge is 0.0516 e. The summed E-state index contributed by atoms with van der Waals surface area (Å²) < 4.78 is 0. The zero-order valence-electron chi connectivity index (χ0n) is 12.8. The predicted octanol–water partition coefficient (Wildman–Crippen LogP) is 2.18. The highest BCUT2D eigenvalue weighted by atomic mass is 15.2. The van der Waals surface area contributed by atoms with Crippen LogP contribution >= 0.6 is 0 Å². The lowest BCUT2D eigenvalue weighted by Gasteiger charge is -2.34. The summed E-state index contributed by atoms with van der Waals surface area (Å²) in [5, 5.41) is 3.41. The minimum absolute atomic E-state index is 0.390. The van der Waals surface area contributed by atoms with Crippen molar-refractivity contribution in [3.63, 3.8) is 0 Å². The quantitative estimate of drug-likeness (QED) is 0.845. The monoisotopic (exact) mass is 263 g/mol. The van der Waals surface area contributed by atoms with E-state index < -0.39 is 0 Å². The maximum absolute atomic E-state index is 5.02. The molecule has 1 saturated heterocycles. The highest BCUT2D eigenvalue weighted by Gasteiger charge is 2.59. The summed E-state index contributed by atoms with van der Waals surface area (Å²) in [6.07, 6.45) is 4.04. The Balaban J connectivity index is 1.59. The molecule has 0 unspecified atom stereocenters. The molecule has 0 radical (unpaired) electrons. The van der Waals surface area contributed by atoms with Gasteiger partial charge in [-0.1, -0.05) is 20.8 Å². The lowest BCUT2D eigenvalue weighted by molar-refractivity contribution is 0.193. The summed E-state index contributed by atoms with van der Waals surface area (Å²) in [5.74, 6) is 0.885. The zero-order valence-corrected chi connectivity index (χ0v) is 12.8. The van der Waals surface area contributed by atoms with E-state index in [9.17, 15) is 0 Å². The summed E-state index contributed by atoms with van der Waals surface area (Å²) >= 11 is 0. The van der Waals surface area contributed by atoms with Gasteiger partial charge in [-0.2, -0.15) is 0 Å². The molecule has 1 N–H and O–H groups in total. The molecule has 0 spiro atoms. The van der Waals surface area contributed by atoms with Crippen molar-refractivity contribution in [3.05, 3.63) is 0 Å². The van der Waals surface area contributed by atoms with Crippen LogP contribution in [0.5, 0.6) is 0 Å². The number of nitrogens with zero attached hydrogens (tertiary/aromatic N) is 2. The molecule has 3 aliphatic rings. The highest BCUT2D eigenvalue weighted by molar-refractivity contribution is 5.94. The SMILES string of the molecule is CC1(C)[C@@H]2CC[C@@]1(C)C(=NCCN1CCNCC1)C2. The van der Waals surface area contributed by atoms with Gasteiger partial charge in [0.2, 0.25) is 0 Å². The fourth-order valence-corrected chi connectivity index (χ4v) is 4.43. The molecule has 1 heterocycles. The summed E-state index contributed by atoms with van der Waals surface area (Å²) in [5.41, 5.74) is 2.39. The predicted molar refractivity (Wildman–Crippen MR) is 80.8 cm³/mol. The molecule has 3 nitrogen and oxygen atoms in total. The molecule has 0 amide bonds. The van der Waals surface area contributed by atoms with E-state index in [0.29, 0.717) is 10.8 Å². The Kier molecular flexibility index (Phi) is 3.46. The van der Waals surface area contributed by atoms with E-state index in [-0.39, 0.29) is 0 Å². The Hall–Kier alpha value is -0.410. The maximum Gasteiger partial charge on any atom is 0.0516 e. The van der Waals surface area contributed by atoms with Crippen LogP contribution in [0, 0.1) is 16.7 Å². The van der Waals surface area contributed by atoms with E-state index in [4.69, 9.17) is 4.99 Å². The Morgan fingerprint density at radius 1 is 1.26 bits per heavy atom. The highest BCUT2D eigenvalue weighted by Crippen LogP contribution is 2.63. The number of piperazine rings is 1. The van der Waals surface area contributed by atoms with E-state index in [1.807, 2.05) is 0 Å². The number of hydrogen-bond acceptors (Lipinski definition) is 3. The molecule has 3 rings (SSSR count). The first kappa shape index (κ1) is 13.6. The van der Waals surface area contributed by atoms with E-state index in [1.165, 1.54) is 38.1 Å². The third-order valence-corrected chi connectivity index (χ3v) is 6.44. The molecule has 108 valence electrons. The van der Waals surface area contributed by atoms with E-state index in [2.05, 4.69) is 31.0 Å². The van der Waals surface area contributed by atoms with E-state index in [1.54, 1.807) is 0 Å².